The molecule has 18 heavy (non-hydrogen) atoms. The SMILES string of the molecule is Cc1ccc(N2CCC(NC(C)C)C2=O)cc1Cl. The van der Waals surface area contributed by atoms with Gasteiger partial charge in [-0.1, -0.05) is 31.5 Å². The minimum absolute atomic E-state index is 0.0647. The van der Waals surface area contributed by atoms with E-state index in [4.69, 9.17) is 11.6 Å². The molecule has 0 radical (unpaired) electrons. The fraction of sp³-hybridized carbons (Fsp3) is 0.500. The van der Waals surface area contributed by atoms with Crippen LogP contribution in [0.15, 0.2) is 18.2 Å². The average Bonchev–Trinajstić information content (AvgIpc) is 2.64. The molecule has 1 fully saturated rings. The molecule has 1 saturated heterocycles. The highest BCUT2D eigenvalue weighted by Crippen LogP contribution is 2.26. The van der Waals surface area contributed by atoms with Gasteiger partial charge in [0.05, 0.1) is 6.04 Å². The molecule has 1 aromatic carbocycles. The molecule has 1 aliphatic rings. The van der Waals surface area contributed by atoms with Crippen molar-refractivity contribution in [3.63, 3.8) is 0 Å². The van der Waals surface area contributed by atoms with Crippen LogP contribution in [-0.4, -0.2) is 24.5 Å². The average molecular weight is 267 g/mol. The first-order valence-corrected chi connectivity index (χ1v) is 6.70. The van der Waals surface area contributed by atoms with E-state index < -0.39 is 0 Å². The van der Waals surface area contributed by atoms with Gasteiger partial charge in [-0.2, -0.15) is 0 Å². The first-order chi connectivity index (χ1) is 8.49. The zero-order valence-corrected chi connectivity index (χ0v) is 11.8. The Balaban J connectivity index is 2.15. The van der Waals surface area contributed by atoms with E-state index in [-0.39, 0.29) is 11.9 Å². The van der Waals surface area contributed by atoms with Gasteiger partial charge in [-0.3, -0.25) is 4.79 Å². The molecule has 0 aliphatic carbocycles. The van der Waals surface area contributed by atoms with Crippen molar-refractivity contribution in [1.29, 1.82) is 0 Å². The van der Waals surface area contributed by atoms with Gasteiger partial charge in [-0.15, -0.1) is 0 Å². The predicted octanol–water partition coefficient (Wildman–Crippen LogP) is 2.75. The summed E-state index contributed by atoms with van der Waals surface area (Å²) in [6.07, 6.45) is 0.850. The maximum absolute atomic E-state index is 12.3. The number of nitrogens with one attached hydrogen (secondary N) is 1. The van der Waals surface area contributed by atoms with Gasteiger partial charge in [-0.25, -0.2) is 0 Å². The second-order valence-corrected chi connectivity index (χ2v) is 5.49. The van der Waals surface area contributed by atoms with Gasteiger partial charge >= 0.3 is 0 Å². The van der Waals surface area contributed by atoms with Crippen LogP contribution in [0.2, 0.25) is 5.02 Å². The highest BCUT2D eigenvalue weighted by Gasteiger charge is 2.32. The van der Waals surface area contributed by atoms with Crippen molar-refractivity contribution in [1.82, 2.24) is 5.32 Å². The summed E-state index contributed by atoms with van der Waals surface area (Å²) >= 11 is 6.11. The number of amides is 1. The summed E-state index contributed by atoms with van der Waals surface area (Å²) < 4.78 is 0. The van der Waals surface area contributed by atoms with Crippen LogP contribution in [0.25, 0.3) is 0 Å². The van der Waals surface area contributed by atoms with Gasteiger partial charge in [0.2, 0.25) is 5.91 Å². The maximum atomic E-state index is 12.3. The first kappa shape index (κ1) is 13.4. The third-order valence-corrected chi connectivity index (χ3v) is 3.61. The first-order valence-electron chi connectivity index (χ1n) is 6.32. The Bertz CT molecular complexity index is 459. The molecule has 1 aliphatic heterocycles. The second kappa shape index (κ2) is 5.29. The van der Waals surface area contributed by atoms with Crippen molar-refractivity contribution in [3.8, 4) is 0 Å². The molecule has 1 heterocycles. The fourth-order valence-corrected chi connectivity index (χ4v) is 2.42. The standard InChI is InChI=1S/C14H19ClN2O/c1-9(2)16-13-6-7-17(14(13)18)11-5-4-10(3)12(15)8-11/h4-5,8-9,13,16H,6-7H2,1-3H3. The number of hydrogen-bond acceptors (Lipinski definition) is 2. The summed E-state index contributed by atoms with van der Waals surface area (Å²) in [5.74, 6) is 0.142. The molecule has 1 amide bonds. The third kappa shape index (κ3) is 2.68. The number of rotatable bonds is 3. The Hall–Kier alpha value is -1.06. The van der Waals surface area contributed by atoms with Crippen molar-refractivity contribution in [2.75, 3.05) is 11.4 Å². The molecule has 0 spiro atoms. The smallest absolute Gasteiger partial charge is 0.244 e. The normalized spacial score (nSPS) is 19.9. The number of anilines is 1. The molecule has 98 valence electrons. The number of halogens is 1. The van der Waals surface area contributed by atoms with E-state index in [1.165, 1.54) is 0 Å². The predicted molar refractivity (Wildman–Crippen MR) is 75.2 cm³/mol. The molecule has 1 unspecified atom stereocenters. The topological polar surface area (TPSA) is 32.3 Å². The molecule has 1 atom stereocenters. The quantitative estimate of drug-likeness (QED) is 0.912. The van der Waals surface area contributed by atoms with E-state index >= 15 is 0 Å². The summed E-state index contributed by atoms with van der Waals surface area (Å²) in [6, 6.07) is 6.03. The van der Waals surface area contributed by atoms with Gasteiger partial charge in [0.1, 0.15) is 0 Å². The van der Waals surface area contributed by atoms with Crippen LogP contribution in [0, 0.1) is 6.92 Å². The van der Waals surface area contributed by atoms with Gasteiger partial charge in [0.15, 0.2) is 0 Å². The van der Waals surface area contributed by atoms with Gasteiger partial charge in [0.25, 0.3) is 0 Å². The van der Waals surface area contributed by atoms with E-state index in [9.17, 15) is 4.79 Å². The van der Waals surface area contributed by atoms with Gasteiger partial charge in [-0.05, 0) is 31.0 Å². The Kier molecular flexibility index (Phi) is 3.93. The van der Waals surface area contributed by atoms with Crippen LogP contribution in [0.1, 0.15) is 25.8 Å². The lowest BCUT2D eigenvalue weighted by Crippen LogP contribution is -2.41. The second-order valence-electron chi connectivity index (χ2n) is 5.09. The zero-order valence-electron chi connectivity index (χ0n) is 11.0. The van der Waals surface area contributed by atoms with Crippen LogP contribution in [0.4, 0.5) is 5.69 Å². The number of benzene rings is 1. The van der Waals surface area contributed by atoms with E-state index in [2.05, 4.69) is 19.2 Å². The lowest BCUT2D eigenvalue weighted by Gasteiger charge is -2.19. The highest BCUT2D eigenvalue weighted by molar-refractivity contribution is 6.31. The van der Waals surface area contributed by atoms with Crippen LogP contribution in [0.3, 0.4) is 0 Å². The largest absolute Gasteiger partial charge is 0.311 e. The van der Waals surface area contributed by atoms with Crippen molar-refractivity contribution >= 4 is 23.2 Å². The van der Waals surface area contributed by atoms with Crippen molar-refractivity contribution in [3.05, 3.63) is 28.8 Å². The lowest BCUT2D eigenvalue weighted by molar-refractivity contribution is -0.118. The lowest BCUT2D eigenvalue weighted by atomic mass is 10.2. The molecule has 4 heteroatoms. The minimum Gasteiger partial charge on any atom is -0.311 e. The van der Waals surface area contributed by atoms with E-state index in [0.717, 1.165) is 24.2 Å². The van der Waals surface area contributed by atoms with Crippen LogP contribution in [-0.2, 0) is 4.79 Å². The van der Waals surface area contributed by atoms with E-state index in [0.29, 0.717) is 11.1 Å². The third-order valence-electron chi connectivity index (χ3n) is 3.21. The van der Waals surface area contributed by atoms with Crippen LogP contribution >= 0.6 is 11.6 Å². The number of carbonyl (C=O) groups excluding carboxylic acids is 1. The molecule has 0 saturated carbocycles. The molecule has 1 aromatic rings. The Morgan fingerprint density at radius 1 is 1.44 bits per heavy atom. The zero-order chi connectivity index (χ0) is 13.3. The molecular formula is C14H19ClN2O. The number of hydrogen-bond donors (Lipinski definition) is 1. The summed E-state index contributed by atoms with van der Waals surface area (Å²) in [4.78, 5) is 14.1. The van der Waals surface area contributed by atoms with Gasteiger partial charge in [0, 0.05) is 23.3 Å². The molecule has 3 nitrogen and oxygen atoms in total. The molecule has 0 aromatic heterocycles. The molecule has 1 N–H and O–H groups in total. The number of aryl methyl sites for hydroxylation is 1. The molecule has 2 rings (SSSR count). The summed E-state index contributed by atoms with van der Waals surface area (Å²) in [5, 5.41) is 4.00. The minimum atomic E-state index is -0.0647. The van der Waals surface area contributed by atoms with Gasteiger partial charge < -0.3 is 10.2 Å². The van der Waals surface area contributed by atoms with Crippen molar-refractivity contribution in [2.45, 2.75) is 39.3 Å². The van der Waals surface area contributed by atoms with Crippen molar-refractivity contribution < 1.29 is 4.79 Å². The van der Waals surface area contributed by atoms with Crippen LogP contribution in [0.5, 0.6) is 0 Å². The molecule has 0 bridgehead atoms. The summed E-state index contributed by atoms with van der Waals surface area (Å²) in [6.45, 7) is 6.82. The Morgan fingerprint density at radius 3 is 2.78 bits per heavy atom. The van der Waals surface area contributed by atoms with E-state index in [1.807, 2.05) is 30.0 Å². The Morgan fingerprint density at radius 2 is 2.17 bits per heavy atom. The summed E-state index contributed by atoms with van der Waals surface area (Å²) in [7, 11) is 0. The summed E-state index contributed by atoms with van der Waals surface area (Å²) in [5.41, 5.74) is 1.92. The fourth-order valence-electron chi connectivity index (χ4n) is 2.24. The Labute approximate surface area is 113 Å². The van der Waals surface area contributed by atoms with Crippen LogP contribution < -0.4 is 10.2 Å². The van der Waals surface area contributed by atoms with E-state index in [1.54, 1.807) is 0 Å². The monoisotopic (exact) mass is 266 g/mol. The van der Waals surface area contributed by atoms with Crippen molar-refractivity contribution in [2.24, 2.45) is 0 Å². The highest BCUT2D eigenvalue weighted by atomic mass is 35.5. The number of carbonyl (C=O) groups is 1. The number of nitrogens with zero attached hydrogens (tertiary/aromatic N) is 1. The maximum Gasteiger partial charge on any atom is 0.244 e. The molecular weight excluding hydrogens is 248 g/mol.